The van der Waals surface area contributed by atoms with Crippen molar-refractivity contribution in [3.8, 4) is 5.75 Å². The van der Waals surface area contributed by atoms with Crippen LogP contribution in [0, 0.1) is 0 Å². The van der Waals surface area contributed by atoms with E-state index in [4.69, 9.17) is 0 Å². The molecule has 120 valence electrons. The summed E-state index contributed by atoms with van der Waals surface area (Å²) in [4.78, 5) is 0. The van der Waals surface area contributed by atoms with E-state index in [9.17, 15) is 5.11 Å². The average molecular weight is 329 g/mol. The molecule has 0 aliphatic rings. The van der Waals surface area contributed by atoms with Crippen LogP contribution in [0.25, 0.3) is 0 Å². The van der Waals surface area contributed by atoms with Crippen LogP contribution < -0.4 is 10.6 Å². The Balaban J connectivity index is 2.73. The fourth-order valence-corrected chi connectivity index (χ4v) is 2.17. The molecular weight excluding hydrogens is 300 g/mol. The number of phenols is 1. The average Bonchev–Trinajstić information content (AvgIpc) is 2.32. The van der Waals surface area contributed by atoms with E-state index in [1.807, 2.05) is 18.2 Å². The van der Waals surface area contributed by atoms with Crippen molar-refractivity contribution in [1.29, 1.82) is 0 Å². The van der Waals surface area contributed by atoms with Crippen LogP contribution in [0.1, 0.15) is 39.3 Å². The summed E-state index contributed by atoms with van der Waals surface area (Å²) in [6.45, 7) is 10.5. The largest absolute Gasteiger partial charge is 0.508 e. The maximum Gasteiger partial charge on any atom is 0.120 e. The van der Waals surface area contributed by atoms with Crippen molar-refractivity contribution in [2.75, 3.05) is 19.6 Å². The highest BCUT2D eigenvalue weighted by atomic mass is 32.1. The third-order valence-corrected chi connectivity index (χ3v) is 3.32. The topological polar surface area (TPSA) is 44.3 Å². The van der Waals surface area contributed by atoms with Gasteiger partial charge in [0.25, 0.3) is 0 Å². The van der Waals surface area contributed by atoms with E-state index in [0.29, 0.717) is 5.75 Å². The lowest BCUT2D eigenvalue weighted by atomic mass is 10.0. The molecule has 1 rings (SSSR count). The quantitative estimate of drug-likeness (QED) is 0.477. The number of nitrogens with one attached hydrogen (secondary N) is 2. The lowest BCUT2D eigenvalue weighted by Crippen LogP contribution is -2.40. The minimum absolute atomic E-state index is 0.0355. The molecule has 0 aliphatic heterocycles. The highest BCUT2D eigenvalue weighted by molar-refractivity contribution is 7.82. The van der Waals surface area contributed by atoms with E-state index in [2.05, 4.69) is 63.6 Å². The SMILES string of the molecule is CC(C)(S)CNC[C@@H](NCC(C)(C)S)c1ccccc1O. The smallest absolute Gasteiger partial charge is 0.120 e. The van der Waals surface area contributed by atoms with Gasteiger partial charge in [-0.05, 0) is 33.8 Å². The Bertz CT molecular complexity index is 439. The van der Waals surface area contributed by atoms with Crippen molar-refractivity contribution in [3.63, 3.8) is 0 Å². The standard InChI is InChI=1S/C16H28N2OS2/c1-15(2,20)10-17-9-13(18-11-16(3,4)21)12-7-5-6-8-14(12)19/h5-8,13,17-21H,9-11H2,1-4H3/t13-/m1/s1. The van der Waals surface area contributed by atoms with Gasteiger partial charge in [-0.2, -0.15) is 25.3 Å². The normalized spacial score (nSPS) is 14.2. The van der Waals surface area contributed by atoms with Crippen molar-refractivity contribution in [3.05, 3.63) is 29.8 Å². The van der Waals surface area contributed by atoms with Crippen LogP contribution in [0.5, 0.6) is 5.75 Å². The number of para-hydroxylation sites is 1. The molecule has 21 heavy (non-hydrogen) atoms. The third-order valence-electron chi connectivity index (χ3n) is 3.00. The summed E-state index contributed by atoms with van der Waals surface area (Å²) in [6.07, 6.45) is 0. The van der Waals surface area contributed by atoms with Gasteiger partial charge in [0.05, 0.1) is 0 Å². The van der Waals surface area contributed by atoms with Gasteiger partial charge in [0.2, 0.25) is 0 Å². The molecule has 0 heterocycles. The number of thiol groups is 2. The number of benzene rings is 1. The highest BCUT2D eigenvalue weighted by Crippen LogP contribution is 2.24. The van der Waals surface area contributed by atoms with Crippen molar-refractivity contribution in [1.82, 2.24) is 10.6 Å². The first-order valence-electron chi connectivity index (χ1n) is 7.25. The fraction of sp³-hybridized carbons (Fsp3) is 0.625. The van der Waals surface area contributed by atoms with Gasteiger partial charge in [-0.3, -0.25) is 0 Å². The lowest BCUT2D eigenvalue weighted by molar-refractivity contribution is 0.422. The monoisotopic (exact) mass is 328 g/mol. The molecule has 5 heteroatoms. The molecule has 0 radical (unpaired) electrons. The summed E-state index contributed by atoms with van der Waals surface area (Å²) in [5.74, 6) is 0.318. The molecule has 3 N–H and O–H groups in total. The molecule has 0 bridgehead atoms. The van der Waals surface area contributed by atoms with Crippen molar-refractivity contribution in [2.24, 2.45) is 0 Å². The Morgan fingerprint density at radius 2 is 1.62 bits per heavy atom. The number of hydrogen-bond donors (Lipinski definition) is 5. The van der Waals surface area contributed by atoms with Gasteiger partial charge in [0, 0.05) is 40.7 Å². The molecule has 1 atom stereocenters. The number of aromatic hydroxyl groups is 1. The minimum Gasteiger partial charge on any atom is -0.508 e. The Morgan fingerprint density at radius 1 is 1.05 bits per heavy atom. The van der Waals surface area contributed by atoms with Gasteiger partial charge in [0.1, 0.15) is 5.75 Å². The minimum atomic E-state index is -0.106. The molecule has 0 aliphatic carbocycles. The van der Waals surface area contributed by atoms with E-state index in [1.165, 1.54) is 0 Å². The van der Waals surface area contributed by atoms with Gasteiger partial charge in [-0.15, -0.1) is 0 Å². The fourth-order valence-electron chi connectivity index (χ4n) is 1.97. The second-order valence-electron chi connectivity index (χ2n) is 6.75. The van der Waals surface area contributed by atoms with Crippen LogP contribution in [-0.4, -0.2) is 34.2 Å². The van der Waals surface area contributed by atoms with Crippen molar-refractivity contribution in [2.45, 2.75) is 43.2 Å². The molecule has 0 aromatic heterocycles. The molecule has 0 unspecified atom stereocenters. The van der Waals surface area contributed by atoms with E-state index >= 15 is 0 Å². The molecule has 0 saturated carbocycles. The molecule has 0 fully saturated rings. The van der Waals surface area contributed by atoms with E-state index < -0.39 is 0 Å². The number of hydrogen-bond acceptors (Lipinski definition) is 5. The van der Waals surface area contributed by atoms with Crippen molar-refractivity contribution < 1.29 is 5.11 Å². The van der Waals surface area contributed by atoms with Crippen molar-refractivity contribution >= 4 is 25.3 Å². The van der Waals surface area contributed by atoms with Crippen LogP contribution in [0.3, 0.4) is 0 Å². The second kappa shape index (κ2) is 7.77. The van der Waals surface area contributed by atoms with E-state index in [0.717, 1.165) is 25.2 Å². The summed E-state index contributed by atoms with van der Waals surface area (Å²) >= 11 is 9.07. The summed E-state index contributed by atoms with van der Waals surface area (Å²) in [5.41, 5.74) is 0.902. The molecule has 1 aromatic carbocycles. The first-order valence-corrected chi connectivity index (χ1v) is 8.15. The maximum atomic E-state index is 10.1. The third kappa shape index (κ3) is 8.00. The van der Waals surface area contributed by atoms with Crippen LogP contribution in [0.4, 0.5) is 0 Å². The van der Waals surface area contributed by atoms with E-state index in [-0.39, 0.29) is 15.5 Å². The summed E-state index contributed by atoms with van der Waals surface area (Å²) < 4.78 is -0.169. The number of phenolic OH excluding ortho intramolecular Hbond substituents is 1. The first kappa shape index (κ1) is 18.7. The van der Waals surface area contributed by atoms with Crippen LogP contribution >= 0.6 is 25.3 Å². The zero-order chi connectivity index (χ0) is 16.1. The highest BCUT2D eigenvalue weighted by Gasteiger charge is 2.19. The summed E-state index contributed by atoms with van der Waals surface area (Å²) in [5, 5.41) is 17.0. The Kier molecular flexibility index (Phi) is 6.91. The summed E-state index contributed by atoms with van der Waals surface area (Å²) in [7, 11) is 0. The zero-order valence-electron chi connectivity index (χ0n) is 13.3. The second-order valence-corrected chi connectivity index (χ2v) is 9.17. The Labute approximate surface area is 139 Å². The van der Waals surface area contributed by atoms with Gasteiger partial charge >= 0.3 is 0 Å². The van der Waals surface area contributed by atoms with Gasteiger partial charge < -0.3 is 15.7 Å². The lowest BCUT2D eigenvalue weighted by Gasteiger charge is -2.27. The van der Waals surface area contributed by atoms with Gasteiger partial charge in [-0.25, -0.2) is 0 Å². The predicted octanol–water partition coefficient (Wildman–Crippen LogP) is 3.03. The maximum absolute atomic E-state index is 10.1. The van der Waals surface area contributed by atoms with Gasteiger partial charge in [0.15, 0.2) is 0 Å². The number of rotatable bonds is 8. The van der Waals surface area contributed by atoms with Crippen LogP contribution in [0.15, 0.2) is 24.3 Å². The zero-order valence-corrected chi connectivity index (χ0v) is 15.1. The van der Waals surface area contributed by atoms with Crippen LogP contribution in [-0.2, 0) is 0 Å². The van der Waals surface area contributed by atoms with Crippen LogP contribution in [0.2, 0.25) is 0 Å². The predicted molar refractivity (Wildman–Crippen MR) is 97.9 cm³/mol. The Hall–Kier alpha value is -0.360. The molecule has 1 aromatic rings. The molecular formula is C16H28N2OS2. The summed E-state index contributed by atoms with van der Waals surface area (Å²) in [6, 6.07) is 7.49. The molecule has 3 nitrogen and oxygen atoms in total. The molecule has 0 amide bonds. The van der Waals surface area contributed by atoms with E-state index in [1.54, 1.807) is 6.07 Å². The molecule has 0 spiro atoms. The first-order chi connectivity index (χ1) is 9.58. The Morgan fingerprint density at radius 3 is 2.14 bits per heavy atom. The van der Waals surface area contributed by atoms with Gasteiger partial charge in [-0.1, -0.05) is 18.2 Å². The molecule has 0 saturated heterocycles.